The molecule has 0 aliphatic carbocycles. The number of nitrogen functional groups attached to an aromatic ring is 1. The molecule has 2 aromatic heterocycles. The first-order valence-electron chi connectivity index (χ1n) is 5.50. The fraction of sp³-hybridized carbons (Fsp3) is 0.182. The summed E-state index contributed by atoms with van der Waals surface area (Å²) in [6.45, 7) is 1.83. The zero-order valence-corrected chi connectivity index (χ0v) is 10.2. The SMILES string of the molecule is Cc1nc(N)nc(NCc2ccccn2)c1[N+](=O)[O-]. The van der Waals surface area contributed by atoms with Gasteiger partial charge < -0.3 is 11.1 Å². The van der Waals surface area contributed by atoms with Crippen LogP contribution in [0.3, 0.4) is 0 Å². The van der Waals surface area contributed by atoms with Crippen molar-refractivity contribution in [2.24, 2.45) is 0 Å². The first-order valence-corrected chi connectivity index (χ1v) is 5.50. The number of anilines is 2. The first kappa shape index (κ1) is 12.7. The fourth-order valence-corrected chi connectivity index (χ4v) is 1.61. The van der Waals surface area contributed by atoms with Gasteiger partial charge in [-0.15, -0.1) is 0 Å². The number of pyridine rings is 1. The lowest BCUT2D eigenvalue weighted by Gasteiger charge is -2.07. The van der Waals surface area contributed by atoms with Crippen molar-refractivity contribution in [3.05, 3.63) is 45.9 Å². The minimum Gasteiger partial charge on any atom is -0.368 e. The quantitative estimate of drug-likeness (QED) is 0.627. The molecular weight excluding hydrogens is 248 g/mol. The van der Waals surface area contributed by atoms with Crippen LogP contribution in [0, 0.1) is 17.0 Å². The Morgan fingerprint density at radius 1 is 1.42 bits per heavy atom. The normalized spacial score (nSPS) is 10.2. The minimum absolute atomic E-state index is 0.00776. The maximum absolute atomic E-state index is 11.0. The number of hydrogen-bond donors (Lipinski definition) is 2. The van der Waals surface area contributed by atoms with E-state index in [0.29, 0.717) is 6.54 Å². The van der Waals surface area contributed by atoms with Crippen LogP contribution in [0.5, 0.6) is 0 Å². The van der Waals surface area contributed by atoms with Crippen LogP contribution in [0.15, 0.2) is 24.4 Å². The molecule has 0 aliphatic rings. The summed E-state index contributed by atoms with van der Waals surface area (Å²) in [6, 6.07) is 5.42. The molecule has 0 aliphatic heterocycles. The molecule has 0 radical (unpaired) electrons. The molecule has 8 heteroatoms. The highest BCUT2D eigenvalue weighted by atomic mass is 16.6. The minimum atomic E-state index is -0.532. The van der Waals surface area contributed by atoms with E-state index in [2.05, 4.69) is 20.3 Å². The number of nitro groups is 1. The summed E-state index contributed by atoms with van der Waals surface area (Å²) >= 11 is 0. The molecule has 0 aromatic carbocycles. The smallest absolute Gasteiger partial charge is 0.332 e. The third-order valence-corrected chi connectivity index (χ3v) is 2.42. The van der Waals surface area contributed by atoms with E-state index in [-0.39, 0.29) is 23.1 Å². The first-order chi connectivity index (χ1) is 9.08. The van der Waals surface area contributed by atoms with Crippen molar-refractivity contribution >= 4 is 17.5 Å². The van der Waals surface area contributed by atoms with Gasteiger partial charge in [0.15, 0.2) is 0 Å². The second-order valence-electron chi connectivity index (χ2n) is 3.80. The number of aryl methyl sites for hydroxylation is 1. The van der Waals surface area contributed by atoms with Gasteiger partial charge in [0.05, 0.1) is 17.2 Å². The average molecular weight is 260 g/mol. The topological polar surface area (TPSA) is 120 Å². The van der Waals surface area contributed by atoms with Gasteiger partial charge in [-0.3, -0.25) is 15.1 Å². The van der Waals surface area contributed by atoms with Crippen LogP contribution in [0.25, 0.3) is 0 Å². The zero-order chi connectivity index (χ0) is 13.8. The number of hydrogen-bond acceptors (Lipinski definition) is 7. The highest BCUT2D eigenvalue weighted by molar-refractivity contribution is 5.60. The van der Waals surface area contributed by atoms with E-state index in [4.69, 9.17) is 5.73 Å². The van der Waals surface area contributed by atoms with Crippen LogP contribution in [-0.4, -0.2) is 19.9 Å². The number of rotatable bonds is 4. The second kappa shape index (κ2) is 5.25. The standard InChI is InChI=1S/C11H12N6O2/c1-7-9(17(18)19)10(16-11(12)15-7)14-6-8-4-2-3-5-13-8/h2-5H,6H2,1H3,(H3,12,14,15,16). The Labute approximate surface area is 108 Å². The maximum Gasteiger partial charge on any atom is 0.332 e. The van der Waals surface area contributed by atoms with E-state index < -0.39 is 4.92 Å². The van der Waals surface area contributed by atoms with Crippen LogP contribution in [0.4, 0.5) is 17.5 Å². The summed E-state index contributed by atoms with van der Waals surface area (Å²) in [5.74, 6) is 0.0901. The van der Waals surface area contributed by atoms with Crippen LogP contribution >= 0.6 is 0 Å². The Morgan fingerprint density at radius 3 is 2.84 bits per heavy atom. The Morgan fingerprint density at radius 2 is 2.21 bits per heavy atom. The van der Waals surface area contributed by atoms with Crippen LogP contribution in [-0.2, 0) is 6.54 Å². The monoisotopic (exact) mass is 260 g/mol. The summed E-state index contributed by atoms with van der Waals surface area (Å²) in [7, 11) is 0. The van der Waals surface area contributed by atoms with Gasteiger partial charge in [-0.25, -0.2) is 4.98 Å². The van der Waals surface area contributed by atoms with Gasteiger partial charge in [0.25, 0.3) is 0 Å². The predicted molar refractivity (Wildman–Crippen MR) is 69.4 cm³/mol. The molecule has 0 atom stereocenters. The van der Waals surface area contributed by atoms with Gasteiger partial charge in [-0.1, -0.05) is 6.07 Å². The van der Waals surface area contributed by atoms with Gasteiger partial charge in [0, 0.05) is 6.20 Å². The van der Waals surface area contributed by atoms with Crippen LogP contribution in [0.1, 0.15) is 11.4 Å². The molecule has 8 nitrogen and oxygen atoms in total. The fourth-order valence-electron chi connectivity index (χ4n) is 1.61. The molecular formula is C11H12N6O2. The molecule has 0 bridgehead atoms. The van der Waals surface area contributed by atoms with E-state index in [1.807, 2.05) is 6.07 Å². The van der Waals surface area contributed by atoms with Gasteiger partial charge in [0.2, 0.25) is 11.8 Å². The zero-order valence-electron chi connectivity index (χ0n) is 10.2. The van der Waals surface area contributed by atoms with E-state index >= 15 is 0 Å². The predicted octanol–water partition coefficient (Wildman–Crippen LogP) is 1.28. The Hall–Kier alpha value is -2.77. The molecule has 19 heavy (non-hydrogen) atoms. The average Bonchev–Trinajstić information content (AvgIpc) is 2.36. The lowest BCUT2D eigenvalue weighted by molar-refractivity contribution is -0.385. The van der Waals surface area contributed by atoms with Gasteiger partial charge >= 0.3 is 5.69 Å². The Kier molecular flexibility index (Phi) is 3.51. The summed E-state index contributed by atoms with van der Waals surface area (Å²) in [6.07, 6.45) is 1.64. The van der Waals surface area contributed by atoms with Gasteiger partial charge in [-0.05, 0) is 19.1 Å². The molecule has 0 saturated carbocycles. The van der Waals surface area contributed by atoms with E-state index in [1.54, 1.807) is 18.3 Å². The summed E-state index contributed by atoms with van der Waals surface area (Å²) < 4.78 is 0. The van der Waals surface area contributed by atoms with E-state index in [0.717, 1.165) is 5.69 Å². The number of nitrogens with zero attached hydrogens (tertiary/aromatic N) is 4. The highest BCUT2D eigenvalue weighted by Gasteiger charge is 2.21. The molecule has 2 aromatic rings. The maximum atomic E-state index is 11.0. The highest BCUT2D eigenvalue weighted by Crippen LogP contribution is 2.25. The van der Waals surface area contributed by atoms with Crippen LogP contribution in [0.2, 0.25) is 0 Å². The van der Waals surface area contributed by atoms with Crippen molar-refractivity contribution in [3.8, 4) is 0 Å². The summed E-state index contributed by atoms with van der Waals surface area (Å²) in [4.78, 5) is 22.2. The number of nitrogens with two attached hydrogens (primary N) is 1. The van der Waals surface area contributed by atoms with Gasteiger partial charge in [0.1, 0.15) is 5.69 Å². The van der Waals surface area contributed by atoms with Crippen molar-refractivity contribution in [1.29, 1.82) is 0 Å². The van der Waals surface area contributed by atoms with Crippen molar-refractivity contribution in [2.75, 3.05) is 11.1 Å². The lowest BCUT2D eigenvalue weighted by atomic mass is 10.3. The molecule has 0 unspecified atom stereocenters. The Bertz CT molecular complexity index is 602. The molecule has 0 saturated heterocycles. The largest absolute Gasteiger partial charge is 0.368 e. The van der Waals surface area contributed by atoms with Crippen molar-refractivity contribution in [3.63, 3.8) is 0 Å². The summed E-state index contributed by atoms with van der Waals surface area (Å²) in [5.41, 5.74) is 6.29. The Balaban J connectivity index is 2.27. The second-order valence-corrected chi connectivity index (χ2v) is 3.80. The van der Waals surface area contributed by atoms with Crippen LogP contribution < -0.4 is 11.1 Å². The molecule has 2 heterocycles. The van der Waals surface area contributed by atoms with Crippen molar-refractivity contribution < 1.29 is 4.92 Å². The molecule has 3 N–H and O–H groups in total. The van der Waals surface area contributed by atoms with Crippen molar-refractivity contribution in [2.45, 2.75) is 13.5 Å². The van der Waals surface area contributed by atoms with Gasteiger partial charge in [-0.2, -0.15) is 4.98 Å². The molecule has 2 rings (SSSR count). The molecule has 98 valence electrons. The summed E-state index contributed by atoms with van der Waals surface area (Å²) in [5, 5.41) is 13.9. The number of nitrogens with one attached hydrogen (secondary N) is 1. The third kappa shape index (κ3) is 2.92. The third-order valence-electron chi connectivity index (χ3n) is 2.42. The number of aromatic nitrogens is 3. The van der Waals surface area contributed by atoms with Crippen molar-refractivity contribution in [1.82, 2.24) is 15.0 Å². The molecule has 0 amide bonds. The lowest BCUT2D eigenvalue weighted by Crippen LogP contribution is -2.10. The molecule has 0 fully saturated rings. The van der Waals surface area contributed by atoms with E-state index in [1.165, 1.54) is 6.92 Å². The van der Waals surface area contributed by atoms with E-state index in [9.17, 15) is 10.1 Å². The molecule has 0 spiro atoms.